The van der Waals surface area contributed by atoms with E-state index in [0.717, 1.165) is 18.4 Å². The number of hydrogen-bond acceptors (Lipinski definition) is 3. The summed E-state index contributed by atoms with van der Waals surface area (Å²) in [5, 5.41) is 11.4. The van der Waals surface area contributed by atoms with E-state index in [2.05, 4.69) is 27.4 Å². The zero-order valence-corrected chi connectivity index (χ0v) is 11.2. The summed E-state index contributed by atoms with van der Waals surface area (Å²) in [6.07, 6.45) is 7.24. The maximum Gasteiger partial charge on any atom is 0.182 e. The van der Waals surface area contributed by atoms with Gasteiger partial charge in [-0.15, -0.1) is 0 Å². The summed E-state index contributed by atoms with van der Waals surface area (Å²) in [7, 11) is 0. The second-order valence-corrected chi connectivity index (χ2v) is 4.30. The van der Waals surface area contributed by atoms with E-state index < -0.39 is 0 Å². The van der Waals surface area contributed by atoms with Crippen molar-refractivity contribution in [2.24, 2.45) is 4.99 Å². The van der Waals surface area contributed by atoms with Gasteiger partial charge in [-0.25, -0.2) is 0 Å². The highest BCUT2D eigenvalue weighted by Gasteiger charge is 2.01. The van der Waals surface area contributed by atoms with Gasteiger partial charge in [0.2, 0.25) is 0 Å². The van der Waals surface area contributed by atoms with E-state index >= 15 is 0 Å². The van der Waals surface area contributed by atoms with Gasteiger partial charge in [0.25, 0.3) is 0 Å². The van der Waals surface area contributed by atoms with E-state index in [1.165, 1.54) is 5.56 Å². The Morgan fingerprint density at radius 3 is 2.75 bits per heavy atom. The van der Waals surface area contributed by atoms with Crippen LogP contribution in [0.25, 0.3) is 0 Å². The molecule has 4 nitrogen and oxygen atoms in total. The first-order valence-corrected chi connectivity index (χ1v) is 6.54. The van der Waals surface area contributed by atoms with Gasteiger partial charge < -0.3 is 0 Å². The third kappa shape index (κ3) is 4.21. The molecule has 2 aromatic rings. The molecule has 1 aromatic carbocycles. The van der Waals surface area contributed by atoms with Crippen molar-refractivity contribution in [2.75, 3.05) is 6.54 Å². The fraction of sp³-hybridized carbons (Fsp3) is 0.188. The van der Waals surface area contributed by atoms with Gasteiger partial charge in [-0.05, 0) is 30.5 Å². The molecule has 0 atom stereocenters. The lowest BCUT2D eigenvalue weighted by Crippen LogP contribution is -2.19. The Hall–Kier alpha value is -2.67. The highest BCUT2D eigenvalue weighted by atomic mass is 15.0. The van der Waals surface area contributed by atoms with Crippen molar-refractivity contribution in [3.63, 3.8) is 0 Å². The molecule has 0 aliphatic heterocycles. The fourth-order valence-corrected chi connectivity index (χ4v) is 1.88. The zero-order chi connectivity index (χ0) is 14.0. The van der Waals surface area contributed by atoms with Crippen molar-refractivity contribution in [1.29, 1.82) is 5.26 Å². The standard InChI is InChI=1S/C16H16N4/c17-13-20-16(15-9-5-10-18-12-15)19-11-4-8-14-6-2-1-3-7-14/h1-3,5-7,9-10,12H,4,8,11H2,(H,19,20). The first kappa shape index (κ1) is 13.8. The molecule has 0 fully saturated rings. The summed E-state index contributed by atoms with van der Waals surface area (Å²) < 4.78 is 0. The lowest BCUT2D eigenvalue weighted by molar-refractivity contribution is 0.830. The molecular weight excluding hydrogens is 248 g/mol. The predicted molar refractivity (Wildman–Crippen MR) is 79.2 cm³/mol. The van der Waals surface area contributed by atoms with Crippen LogP contribution in [0.1, 0.15) is 17.5 Å². The Balaban J connectivity index is 1.92. The Kier molecular flexibility index (Phi) is 5.29. The third-order valence-corrected chi connectivity index (χ3v) is 2.85. The zero-order valence-electron chi connectivity index (χ0n) is 11.2. The average molecular weight is 264 g/mol. The summed E-state index contributed by atoms with van der Waals surface area (Å²) >= 11 is 0. The number of amidine groups is 1. The number of pyridine rings is 1. The number of nitrogens with one attached hydrogen (secondary N) is 1. The fourth-order valence-electron chi connectivity index (χ4n) is 1.88. The lowest BCUT2D eigenvalue weighted by Gasteiger charge is -2.04. The van der Waals surface area contributed by atoms with Crippen LogP contribution in [0.5, 0.6) is 0 Å². The first-order chi connectivity index (χ1) is 9.90. The minimum absolute atomic E-state index is 0.577. The number of aromatic nitrogens is 1. The quantitative estimate of drug-likeness (QED) is 0.297. The molecule has 0 saturated carbocycles. The van der Waals surface area contributed by atoms with Crippen molar-refractivity contribution in [3.8, 4) is 6.19 Å². The van der Waals surface area contributed by atoms with E-state index in [1.54, 1.807) is 12.4 Å². The molecule has 0 spiro atoms. The van der Waals surface area contributed by atoms with Gasteiger partial charge in [-0.2, -0.15) is 5.26 Å². The van der Waals surface area contributed by atoms with E-state index in [0.29, 0.717) is 12.4 Å². The predicted octanol–water partition coefficient (Wildman–Crippen LogP) is 2.53. The first-order valence-electron chi connectivity index (χ1n) is 6.54. The van der Waals surface area contributed by atoms with Gasteiger partial charge in [0.1, 0.15) is 5.84 Å². The Bertz CT molecular complexity index is 585. The van der Waals surface area contributed by atoms with Crippen LogP contribution in [-0.2, 0) is 6.42 Å². The van der Waals surface area contributed by atoms with E-state index in [-0.39, 0.29) is 0 Å². The molecule has 0 amide bonds. The molecule has 1 N–H and O–H groups in total. The van der Waals surface area contributed by atoms with Crippen LogP contribution in [0.4, 0.5) is 0 Å². The van der Waals surface area contributed by atoms with Gasteiger partial charge in [-0.3, -0.25) is 15.3 Å². The SMILES string of the molecule is N#CNC(=NCCCc1ccccc1)c1cccnc1. The number of aliphatic imine (C=N–C) groups is 1. The molecule has 0 saturated heterocycles. The van der Waals surface area contributed by atoms with Crippen molar-refractivity contribution < 1.29 is 0 Å². The summed E-state index contributed by atoms with van der Waals surface area (Å²) in [6.45, 7) is 0.674. The molecule has 0 radical (unpaired) electrons. The summed E-state index contributed by atoms with van der Waals surface area (Å²) in [5.41, 5.74) is 2.13. The summed E-state index contributed by atoms with van der Waals surface area (Å²) in [6, 6.07) is 14.0. The molecule has 1 aromatic heterocycles. The topological polar surface area (TPSA) is 61.1 Å². The summed E-state index contributed by atoms with van der Waals surface area (Å²) in [4.78, 5) is 8.48. The monoisotopic (exact) mass is 264 g/mol. The highest BCUT2D eigenvalue weighted by molar-refractivity contribution is 5.99. The molecular formula is C16H16N4. The summed E-state index contributed by atoms with van der Waals surface area (Å²) in [5.74, 6) is 0.577. The highest BCUT2D eigenvalue weighted by Crippen LogP contribution is 2.03. The molecule has 0 bridgehead atoms. The normalized spacial score (nSPS) is 10.8. The number of nitrogens with zero attached hydrogens (tertiary/aromatic N) is 3. The van der Waals surface area contributed by atoms with Gasteiger partial charge in [0.05, 0.1) is 0 Å². The van der Waals surface area contributed by atoms with E-state index in [1.807, 2.05) is 36.5 Å². The van der Waals surface area contributed by atoms with Crippen molar-refractivity contribution in [1.82, 2.24) is 10.3 Å². The number of aryl methyl sites for hydroxylation is 1. The van der Waals surface area contributed by atoms with Crippen molar-refractivity contribution in [3.05, 3.63) is 66.0 Å². The van der Waals surface area contributed by atoms with Crippen LogP contribution in [0.3, 0.4) is 0 Å². The van der Waals surface area contributed by atoms with Gasteiger partial charge in [-0.1, -0.05) is 30.3 Å². The number of hydrogen-bond donors (Lipinski definition) is 1. The van der Waals surface area contributed by atoms with Crippen LogP contribution in [0.15, 0.2) is 59.9 Å². The Labute approximate surface area is 118 Å². The molecule has 2 rings (SSSR count). The van der Waals surface area contributed by atoms with Gasteiger partial charge >= 0.3 is 0 Å². The minimum Gasteiger partial charge on any atom is -0.277 e. The van der Waals surface area contributed by atoms with E-state index in [9.17, 15) is 0 Å². The molecule has 0 aliphatic rings. The molecule has 20 heavy (non-hydrogen) atoms. The molecule has 100 valence electrons. The van der Waals surface area contributed by atoms with Gasteiger partial charge in [0, 0.05) is 24.5 Å². The largest absolute Gasteiger partial charge is 0.277 e. The molecule has 1 heterocycles. The minimum atomic E-state index is 0.577. The number of rotatable bonds is 5. The third-order valence-electron chi connectivity index (χ3n) is 2.85. The van der Waals surface area contributed by atoms with E-state index in [4.69, 9.17) is 5.26 Å². The van der Waals surface area contributed by atoms with Gasteiger partial charge in [0.15, 0.2) is 6.19 Å². The van der Waals surface area contributed by atoms with Crippen LogP contribution >= 0.6 is 0 Å². The number of benzene rings is 1. The second kappa shape index (κ2) is 7.70. The molecule has 0 unspecified atom stereocenters. The van der Waals surface area contributed by atoms with Crippen LogP contribution in [0, 0.1) is 11.5 Å². The van der Waals surface area contributed by atoms with Crippen LogP contribution in [0.2, 0.25) is 0 Å². The van der Waals surface area contributed by atoms with Crippen LogP contribution in [-0.4, -0.2) is 17.4 Å². The Morgan fingerprint density at radius 2 is 2.05 bits per heavy atom. The maximum atomic E-state index is 8.77. The van der Waals surface area contributed by atoms with Crippen molar-refractivity contribution in [2.45, 2.75) is 12.8 Å². The molecule has 4 heteroatoms. The second-order valence-electron chi connectivity index (χ2n) is 4.30. The maximum absolute atomic E-state index is 8.77. The average Bonchev–Trinajstić information content (AvgIpc) is 2.52. The smallest absolute Gasteiger partial charge is 0.182 e. The van der Waals surface area contributed by atoms with Crippen LogP contribution < -0.4 is 5.32 Å². The van der Waals surface area contributed by atoms with Crippen molar-refractivity contribution >= 4 is 5.84 Å². The molecule has 0 aliphatic carbocycles. The number of nitriles is 1. The Morgan fingerprint density at radius 1 is 1.20 bits per heavy atom. The lowest BCUT2D eigenvalue weighted by atomic mass is 10.1.